The molecule has 2 aromatic heterocycles. The molecule has 2 saturated heterocycles. The zero-order valence-electron chi connectivity index (χ0n) is 29.0. The molecule has 2 fully saturated rings. The maximum Gasteiger partial charge on any atom is 0.259 e. The Morgan fingerprint density at radius 3 is 2.42 bits per heavy atom. The van der Waals surface area contributed by atoms with Crippen molar-refractivity contribution in [1.29, 1.82) is 0 Å². The number of thiophene rings is 1. The smallest absolute Gasteiger partial charge is 0.259 e. The molecule has 5 aromatic rings. The number of rotatable bonds is 6. The van der Waals surface area contributed by atoms with Gasteiger partial charge < -0.3 is 25.2 Å². The number of hydrogen-bond donors (Lipinski definition) is 2. The van der Waals surface area contributed by atoms with Crippen LogP contribution in [0.3, 0.4) is 0 Å². The monoisotopic (exact) mass is 715 g/mol. The fourth-order valence-electron chi connectivity index (χ4n) is 7.51. The second-order valence-electron chi connectivity index (χ2n) is 13.9. The molecule has 3 aliphatic heterocycles. The Morgan fingerprint density at radius 1 is 0.885 bits per heavy atom. The van der Waals surface area contributed by atoms with Crippen molar-refractivity contribution >= 4 is 51.3 Å². The number of para-hydroxylation sites is 1. The number of aryl methyl sites for hydroxylation is 2. The van der Waals surface area contributed by atoms with E-state index < -0.39 is 11.7 Å². The van der Waals surface area contributed by atoms with Gasteiger partial charge in [-0.05, 0) is 98.8 Å². The Hall–Kier alpha value is -5.39. The Bertz CT molecular complexity index is 2180. The summed E-state index contributed by atoms with van der Waals surface area (Å²) in [5, 5.41) is 6.51. The average molecular weight is 716 g/mol. The summed E-state index contributed by atoms with van der Waals surface area (Å²) in [6.45, 7) is 7.35. The number of aromatic nitrogens is 1. The standard InChI is InChI=1S/C41H38FN5O4S/c1-25-6-5-8-32(42)35(25)39(49)45-34-22-28-16-19-47(33-9-4-3-7-30(33)36(28)52-34)40(50)27-11-13-29(14-12-27)44-38(48)31-15-10-26(2)43-37(31)46-23-41(24-46)17-20-51-21-18-41/h3-15,22H,16-21,23-24H2,1-2H3,(H,44,48)(H,45,49). The first kappa shape index (κ1) is 33.7. The number of nitrogens with one attached hydrogen (secondary N) is 2. The topological polar surface area (TPSA) is 104 Å². The van der Waals surface area contributed by atoms with E-state index in [2.05, 4.69) is 15.5 Å². The molecule has 2 N–H and O–H groups in total. The Balaban J connectivity index is 0.971. The van der Waals surface area contributed by atoms with Gasteiger partial charge in [0.25, 0.3) is 17.7 Å². The molecule has 3 aromatic carbocycles. The zero-order valence-corrected chi connectivity index (χ0v) is 29.8. The van der Waals surface area contributed by atoms with Crippen LogP contribution >= 0.6 is 11.3 Å². The van der Waals surface area contributed by atoms with Crippen LogP contribution in [0.5, 0.6) is 0 Å². The Kier molecular flexibility index (Phi) is 8.84. The lowest BCUT2D eigenvalue weighted by molar-refractivity contribution is -0.000519. The van der Waals surface area contributed by atoms with Crippen LogP contribution in [-0.2, 0) is 11.2 Å². The molecule has 5 heterocycles. The fourth-order valence-corrected chi connectivity index (χ4v) is 8.65. The van der Waals surface area contributed by atoms with Crippen LogP contribution in [-0.4, -0.2) is 55.6 Å². The van der Waals surface area contributed by atoms with Gasteiger partial charge in [-0.25, -0.2) is 9.37 Å². The summed E-state index contributed by atoms with van der Waals surface area (Å²) in [6, 6.07) is 24.9. The van der Waals surface area contributed by atoms with Gasteiger partial charge in [-0.3, -0.25) is 14.4 Å². The minimum Gasteiger partial charge on any atom is -0.381 e. The third-order valence-electron chi connectivity index (χ3n) is 10.3. The number of carbonyl (C=O) groups excluding carboxylic acids is 3. The molecular formula is C41H38FN5O4S. The van der Waals surface area contributed by atoms with Crippen molar-refractivity contribution in [2.45, 2.75) is 33.1 Å². The van der Waals surface area contributed by atoms with Gasteiger partial charge in [0.15, 0.2) is 0 Å². The van der Waals surface area contributed by atoms with Gasteiger partial charge in [0, 0.05) is 65.6 Å². The minimum absolute atomic E-state index is 0.0287. The number of pyridine rings is 1. The summed E-state index contributed by atoms with van der Waals surface area (Å²) < 4.78 is 20.1. The number of benzene rings is 3. The lowest BCUT2D eigenvalue weighted by Gasteiger charge is -2.53. The third kappa shape index (κ3) is 6.35. The van der Waals surface area contributed by atoms with E-state index in [0.717, 1.165) is 66.5 Å². The number of halogens is 1. The van der Waals surface area contributed by atoms with Crippen LogP contribution in [0.2, 0.25) is 0 Å². The van der Waals surface area contributed by atoms with E-state index in [1.807, 2.05) is 49.4 Å². The third-order valence-corrected chi connectivity index (χ3v) is 11.5. The maximum absolute atomic E-state index is 14.5. The van der Waals surface area contributed by atoms with E-state index in [1.54, 1.807) is 48.2 Å². The van der Waals surface area contributed by atoms with Gasteiger partial charge in [-0.2, -0.15) is 0 Å². The minimum atomic E-state index is -0.561. The number of fused-ring (bicyclic) bond motifs is 3. The van der Waals surface area contributed by atoms with Crippen LogP contribution in [0, 0.1) is 25.1 Å². The first-order chi connectivity index (χ1) is 25.2. The first-order valence-corrected chi connectivity index (χ1v) is 18.3. The number of amides is 3. The van der Waals surface area contributed by atoms with E-state index in [0.29, 0.717) is 46.2 Å². The van der Waals surface area contributed by atoms with Gasteiger partial charge in [0.2, 0.25) is 0 Å². The lowest BCUT2D eigenvalue weighted by atomic mass is 9.73. The number of anilines is 4. The molecule has 0 unspecified atom stereocenters. The summed E-state index contributed by atoms with van der Waals surface area (Å²) in [6.07, 6.45) is 2.62. The molecular weight excluding hydrogens is 678 g/mol. The summed E-state index contributed by atoms with van der Waals surface area (Å²) >= 11 is 1.41. The zero-order chi connectivity index (χ0) is 36.0. The second-order valence-corrected chi connectivity index (χ2v) is 15.0. The van der Waals surface area contributed by atoms with Gasteiger partial charge >= 0.3 is 0 Å². The molecule has 9 nitrogen and oxygen atoms in total. The normalized spacial score (nSPS) is 16.0. The second kappa shape index (κ2) is 13.6. The van der Waals surface area contributed by atoms with Crippen LogP contribution in [0.25, 0.3) is 10.4 Å². The van der Waals surface area contributed by atoms with Crippen LogP contribution in [0.4, 0.5) is 26.6 Å². The first-order valence-electron chi connectivity index (χ1n) is 17.5. The molecule has 11 heteroatoms. The largest absolute Gasteiger partial charge is 0.381 e. The van der Waals surface area contributed by atoms with E-state index >= 15 is 0 Å². The highest BCUT2D eigenvalue weighted by molar-refractivity contribution is 7.19. The van der Waals surface area contributed by atoms with Crippen LogP contribution < -0.4 is 20.4 Å². The quantitative estimate of drug-likeness (QED) is 0.185. The van der Waals surface area contributed by atoms with Crippen molar-refractivity contribution in [1.82, 2.24) is 4.98 Å². The Labute approximate surface area is 305 Å². The summed E-state index contributed by atoms with van der Waals surface area (Å²) in [5.74, 6) is -0.763. The van der Waals surface area contributed by atoms with Gasteiger partial charge in [-0.15, -0.1) is 11.3 Å². The molecule has 3 amide bonds. The SMILES string of the molecule is Cc1ccc(C(=O)Nc2ccc(C(=O)N3CCc4cc(NC(=O)c5c(C)cccc5F)sc4-c4ccccc43)cc2)c(N2CC3(CCOCC3)C2)n1. The van der Waals surface area contributed by atoms with E-state index in [9.17, 15) is 18.8 Å². The van der Waals surface area contributed by atoms with Gasteiger partial charge in [0.05, 0.1) is 21.8 Å². The summed E-state index contributed by atoms with van der Waals surface area (Å²) in [7, 11) is 0. The van der Waals surface area contributed by atoms with Crippen molar-refractivity contribution in [2.75, 3.05) is 53.3 Å². The Morgan fingerprint density at radius 2 is 1.65 bits per heavy atom. The van der Waals surface area contributed by atoms with Crippen LogP contribution in [0.15, 0.2) is 84.9 Å². The predicted octanol–water partition coefficient (Wildman–Crippen LogP) is 7.89. The molecule has 8 rings (SSSR count). The lowest BCUT2D eigenvalue weighted by Crippen LogP contribution is -2.59. The van der Waals surface area contributed by atoms with Crippen LogP contribution in [0.1, 0.15) is 60.7 Å². The van der Waals surface area contributed by atoms with Crippen molar-refractivity contribution in [3.63, 3.8) is 0 Å². The average Bonchev–Trinajstić information content (AvgIpc) is 3.46. The molecule has 0 aliphatic carbocycles. The number of carbonyl (C=O) groups is 3. The van der Waals surface area contributed by atoms with Gasteiger partial charge in [0.1, 0.15) is 11.6 Å². The molecule has 3 aliphatic rings. The van der Waals surface area contributed by atoms with E-state index in [4.69, 9.17) is 9.72 Å². The number of nitrogens with zero attached hydrogens (tertiary/aromatic N) is 3. The van der Waals surface area contributed by atoms with Crippen molar-refractivity contribution in [3.8, 4) is 10.4 Å². The summed E-state index contributed by atoms with van der Waals surface area (Å²) in [5.41, 5.74) is 5.92. The molecule has 1 spiro atoms. The molecule has 0 radical (unpaired) electrons. The van der Waals surface area contributed by atoms with Gasteiger partial charge in [-0.1, -0.05) is 30.3 Å². The highest BCUT2D eigenvalue weighted by Gasteiger charge is 2.45. The highest BCUT2D eigenvalue weighted by atomic mass is 32.1. The van der Waals surface area contributed by atoms with Crippen molar-refractivity contribution in [2.24, 2.45) is 5.41 Å². The molecule has 264 valence electrons. The number of hydrogen-bond acceptors (Lipinski definition) is 7. The molecule has 52 heavy (non-hydrogen) atoms. The summed E-state index contributed by atoms with van der Waals surface area (Å²) in [4.78, 5) is 50.3. The molecule has 0 bridgehead atoms. The molecule has 0 saturated carbocycles. The maximum atomic E-state index is 14.5. The number of ether oxygens (including phenoxy) is 1. The van der Waals surface area contributed by atoms with Crippen molar-refractivity contribution in [3.05, 3.63) is 124 Å². The van der Waals surface area contributed by atoms with E-state index in [-0.39, 0.29) is 22.8 Å². The fraction of sp³-hybridized carbons (Fsp3) is 0.268. The predicted molar refractivity (Wildman–Crippen MR) is 202 cm³/mol. The van der Waals surface area contributed by atoms with E-state index in [1.165, 1.54) is 17.4 Å². The molecule has 0 atom stereocenters. The highest BCUT2D eigenvalue weighted by Crippen LogP contribution is 2.44. The van der Waals surface area contributed by atoms with Crippen molar-refractivity contribution < 1.29 is 23.5 Å².